The second-order valence-electron chi connectivity index (χ2n) is 9.25. The lowest BCUT2D eigenvalue weighted by atomic mass is 9.99. The number of hydrogen-bond donors (Lipinski definition) is 0. The van der Waals surface area contributed by atoms with Gasteiger partial charge in [0.25, 0.3) is 0 Å². The van der Waals surface area contributed by atoms with Crippen LogP contribution in [0.5, 0.6) is 23.1 Å². The van der Waals surface area contributed by atoms with E-state index in [9.17, 15) is 0 Å². The van der Waals surface area contributed by atoms with Gasteiger partial charge in [-0.15, -0.1) is 0 Å². The van der Waals surface area contributed by atoms with E-state index in [-0.39, 0.29) is 0 Å². The Morgan fingerprint density at radius 3 is 1.95 bits per heavy atom. The predicted octanol–water partition coefficient (Wildman–Crippen LogP) is 8.80. The molecule has 0 spiro atoms. The molecule has 0 radical (unpaired) electrons. The van der Waals surface area contributed by atoms with Crippen molar-refractivity contribution >= 4 is 0 Å². The van der Waals surface area contributed by atoms with Crippen molar-refractivity contribution in [2.45, 2.75) is 13.8 Å². The van der Waals surface area contributed by atoms with E-state index in [2.05, 4.69) is 67.4 Å². The zero-order valence-corrected chi connectivity index (χ0v) is 21.8. The van der Waals surface area contributed by atoms with Gasteiger partial charge in [0.15, 0.2) is 0 Å². The number of aromatic nitrogens is 3. The monoisotopic (exact) mass is 509 g/mol. The van der Waals surface area contributed by atoms with Crippen molar-refractivity contribution in [2.24, 2.45) is 0 Å². The van der Waals surface area contributed by atoms with E-state index in [0.717, 1.165) is 28.2 Å². The molecule has 5 nitrogen and oxygen atoms in total. The summed E-state index contributed by atoms with van der Waals surface area (Å²) in [6, 6.07) is 40.1. The molecule has 5 heteroatoms. The average molecular weight is 510 g/mol. The van der Waals surface area contributed by atoms with Crippen molar-refractivity contribution in [3.8, 4) is 51.1 Å². The number of pyridine rings is 1. The number of aryl methyl sites for hydroxylation is 1. The molecule has 0 saturated heterocycles. The van der Waals surface area contributed by atoms with Crippen LogP contribution in [0, 0.1) is 13.8 Å². The quantitative estimate of drug-likeness (QED) is 0.216. The van der Waals surface area contributed by atoms with Gasteiger partial charge in [-0.1, -0.05) is 72.8 Å². The first-order chi connectivity index (χ1) is 19.1. The van der Waals surface area contributed by atoms with Gasteiger partial charge in [-0.05, 0) is 60.9 Å². The Morgan fingerprint density at radius 2 is 1.21 bits per heavy atom. The van der Waals surface area contributed by atoms with Gasteiger partial charge in [-0.2, -0.15) is 5.10 Å². The summed E-state index contributed by atoms with van der Waals surface area (Å²) < 4.78 is 14.0. The third kappa shape index (κ3) is 5.29. The zero-order valence-electron chi connectivity index (χ0n) is 21.8. The van der Waals surface area contributed by atoms with E-state index in [1.807, 2.05) is 77.5 Å². The fourth-order valence-corrected chi connectivity index (χ4v) is 4.72. The summed E-state index contributed by atoms with van der Waals surface area (Å²) in [4.78, 5) is 4.22. The van der Waals surface area contributed by atoms with Gasteiger partial charge in [0.05, 0.1) is 11.4 Å². The summed E-state index contributed by atoms with van der Waals surface area (Å²) >= 11 is 0. The van der Waals surface area contributed by atoms with Crippen molar-refractivity contribution in [1.82, 2.24) is 14.8 Å². The molecule has 0 aliphatic carbocycles. The summed E-state index contributed by atoms with van der Waals surface area (Å²) in [7, 11) is 0. The molecule has 2 aromatic heterocycles. The van der Waals surface area contributed by atoms with Gasteiger partial charge < -0.3 is 9.47 Å². The summed E-state index contributed by atoms with van der Waals surface area (Å²) in [5, 5.41) is 4.88. The number of benzene rings is 4. The summed E-state index contributed by atoms with van der Waals surface area (Å²) in [5.41, 5.74) is 7.67. The molecule has 0 fully saturated rings. The molecule has 2 heterocycles. The van der Waals surface area contributed by atoms with Crippen LogP contribution < -0.4 is 9.47 Å². The van der Waals surface area contributed by atoms with Crippen molar-refractivity contribution in [3.63, 3.8) is 0 Å². The minimum atomic E-state index is 0.534. The summed E-state index contributed by atoms with van der Waals surface area (Å²) in [5.74, 6) is 2.58. The SMILES string of the molecule is Cc1nn(-c2cccc(Oc3cccc(Oc4ccccn4)c3)c2)c(C)c1-c1ccc(-c2ccccc2)cc1. The fourth-order valence-electron chi connectivity index (χ4n) is 4.72. The zero-order chi connectivity index (χ0) is 26.6. The van der Waals surface area contributed by atoms with Crippen LogP contribution in [-0.2, 0) is 0 Å². The maximum Gasteiger partial charge on any atom is 0.219 e. The van der Waals surface area contributed by atoms with E-state index in [1.54, 1.807) is 6.20 Å². The van der Waals surface area contributed by atoms with Gasteiger partial charge in [0.2, 0.25) is 5.88 Å². The molecule has 39 heavy (non-hydrogen) atoms. The Bertz CT molecular complexity index is 1710. The van der Waals surface area contributed by atoms with Crippen LogP contribution >= 0.6 is 0 Å². The molecule has 4 aromatic carbocycles. The van der Waals surface area contributed by atoms with E-state index in [4.69, 9.17) is 14.6 Å². The second-order valence-corrected chi connectivity index (χ2v) is 9.25. The van der Waals surface area contributed by atoms with Gasteiger partial charge >= 0.3 is 0 Å². The third-order valence-electron chi connectivity index (χ3n) is 6.54. The van der Waals surface area contributed by atoms with E-state index < -0.39 is 0 Å². The van der Waals surface area contributed by atoms with Crippen LogP contribution in [0.4, 0.5) is 0 Å². The number of nitrogens with zero attached hydrogens (tertiary/aromatic N) is 3. The Labute approximate surface area is 228 Å². The van der Waals surface area contributed by atoms with Crippen molar-refractivity contribution in [3.05, 3.63) is 139 Å². The standard InChI is InChI=1S/C34H27N3O2/c1-24-34(28-19-17-27(18-20-28)26-10-4-3-5-11-26)25(2)37(36-24)29-12-8-13-30(22-29)38-31-14-9-15-32(23-31)39-33-16-6-7-21-35-33/h3-23H,1-2H3. The summed E-state index contributed by atoms with van der Waals surface area (Å²) in [6.45, 7) is 4.16. The van der Waals surface area contributed by atoms with Crippen LogP contribution in [0.3, 0.4) is 0 Å². The highest BCUT2D eigenvalue weighted by Gasteiger charge is 2.15. The first-order valence-electron chi connectivity index (χ1n) is 12.8. The highest BCUT2D eigenvalue weighted by atomic mass is 16.5. The van der Waals surface area contributed by atoms with Crippen molar-refractivity contribution < 1.29 is 9.47 Å². The molecular formula is C34H27N3O2. The fraction of sp³-hybridized carbons (Fsp3) is 0.0588. The molecule has 0 amide bonds. The normalized spacial score (nSPS) is 10.8. The minimum absolute atomic E-state index is 0.534. The highest BCUT2D eigenvalue weighted by Crippen LogP contribution is 2.33. The molecule has 6 aromatic rings. The van der Waals surface area contributed by atoms with Crippen LogP contribution in [0.25, 0.3) is 27.9 Å². The number of ether oxygens (including phenoxy) is 2. The van der Waals surface area contributed by atoms with E-state index in [1.165, 1.54) is 11.1 Å². The highest BCUT2D eigenvalue weighted by molar-refractivity contribution is 5.73. The molecule has 190 valence electrons. The Morgan fingerprint density at radius 1 is 0.564 bits per heavy atom. The molecule has 0 atom stereocenters. The van der Waals surface area contributed by atoms with Gasteiger partial charge in [0.1, 0.15) is 17.2 Å². The van der Waals surface area contributed by atoms with E-state index in [0.29, 0.717) is 23.1 Å². The maximum atomic E-state index is 6.19. The largest absolute Gasteiger partial charge is 0.457 e. The second kappa shape index (κ2) is 10.7. The third-order valence-corrected chi connectivity index (χ3v) is 6.54. The lowest BCUT2D eigenvalue weighted by Gasteiger charge is -2.11. The molecule has 0 bridgehead atoms. The Hall–Kier alpha value is -5.16. The molecular weight excluding hydrogens is 482 g/mol. The maximum absolute atomic E-state index is 6.19. The average Bonchev–Trinajstić information content (AvgIpc) is 3.28. The Kier molecular flexibility index (Phi) is 6.62. The summed E-state index contributed by atoms with van der Waals surface area (Å²) in [6.07, 6.45) is 1.70. The first-order valence-corrected chi connectivity index (χ1v) is 12.8. The lowest BCUT2D eigenvalue weighted by Crippen LogP contribution is -1.99. The van der Waals surface area contributed by atoms with Crippen molar-refractivity contribution in [2.75, 3.05) is 0 Å². The van der Waals surface area contributed by atoms with Gasteiger partial charge in [-0.3, -0.25) is 0 Å². The molecule has 0 unspecified atom stereocenters. The predicted molar refractivity (Wildman–Crippen MR) is 155 cm³/mol. The van der Waals surface area contributed by atoms with Crippen LogP contribution in [0.15, 0.2) is 128 Å². The van der Waals surface area contributed by atoms with Crippen LogP contribution in [0.1, 0.15) is 11.4 Å². The molecule has 0 aliphatic heterocycles. The topological polar surface area (TPSA) is 49.2 Å². The molecule has 6 rings (SSSR count). The number of hydrogen-bond acceptors (Lipinski definition) is 4. The smallest absolute Gasteiger partial charge is 0.219 e. The first kappa shape index (κ1) is 24.2. The Balaban J connectivity index is 1.24. The molecule has 0 aliphatic rings. The van der Waals surface area contributed by atoms with Gasteiger partial charge in [0, 0.05) is 35.7 Å². The van der Waals surface area contributed by atoms with Gasteiger partial charge in [-0.25, -0.2) is 9.67 Å². The van der Waals surface area contributed by atoms with E-state index >= 15 is 0 Å². The van der Waals surface area contributed by atoms with Crippen LogP contribution in [-0.4, -0.2) is 14.8 Å². The lowest BCUT2D eigenvalue weighted by molar-refractivity contribution is 0.449. The van der Waals surface area contributed by atoms with Crippen molar-refractivity contribution in [1.29, 1.82) is 0 Å². The number of rotatable bonds is 7. The molecule has 0 N–H and O–H groups in total. The molecule has 0 saturated carbocycles. The minimum Gasteiger partial charge on any atom is -0.457 e. The van der Waals surface area contributed by atoms with Crippen LogP contribution in [0.2, 0.25) is 0 Å².